The van der Waals surface area contributed by atoms with Gasteiger partial charge >= 0.3 is 0 Å². The molecule has 0 saturated heterocycles. The van der Waals surface area contributed by atoms with Gasteiger partial charge in [0.15, 0.2) is 0 Å². The summed E-state index contributed by atoms with van der Waals surface area (Å²) in [6, 6.07) is 26.1. The molecular weight excluding hydrogens is 384 g/mol. The number of benzene rings is 3. The van der Waals surface area contributed by atoms with Gasteiger partial charge in [-0.2, -0.15) is 0 Å². The fourth-order valence-corrected chi connectivity index (χ4v) is 3.54. The normalized spacial score (nSPS) is 11.9. The van der Waals surface area contributed by atoms with E-state index in [2.05, 4.69) is 36.1 Å². The summed E-state index contributed by atoms with van der Waals surface area (Å²) in [5.41, 5.74) is 11.7. The average molecular weight is 415 g/mol. The van der Waals surface area contributed by atoms with Gasteiger partial charge in [0.05, 0.1) is 0 Å². The van der Waals surface area contributed by atoms with Gasteiger partial charge in [0.1, 0.15) is 12.4 Å². The number of hydrogen-bond acceptors (Lipinski definition) is 3. The van der Waals surface area contributed by atoms with Crippen LogP contribution in [-0.4, -0.2) is 38.1 Å². The minimum absolute atomic E-state index is 0.419. The standard InChI is InChI=1S/C27H30N2O2/c1-4-25(20-14-16-24(17-15-20)31-19-18-29(2)3)26(21-8-6-5-7-9-21)22-10-12-23(13-11-22)27(28)30/h5-17H,4,18-19H2,1-3H3,(H2,28,30)/b26-25+. The molecule has 4 nitrogen and oxygen atoms in total. The van der Waals surface area contributed by atoms with Crippen molar-refractivity contribution >= 4 is 17.1 Å². The lowest BCUT2D eigenvalue weighted by molar-refractivity contribution is 0.100. The summed E-state index contributed by atoms with van der Waals surface area (Å²) >= 11 is 0. The SMILES string of the molecule is CC/C(=C(/c1ccccc1)c1ccc(C(N)=O)cc1)c1ccc(OCCN(C)C)cc1. The predicted molar refractivity (Wildman–Crippen MR) is 128 cm³/mol. The number of rotatable bonds is 9. The van der Waals surface area contributed by atoms with E-state index in [1.54, 1.807) is 12.1 Å². The molecule has 2 N–H and O–H groups in total. The molecule has 0 aliphatic carbocycles. The van der Waals surface area contributed by atoms with Gasteiger partial charge in [-0.1, -0.05) is 61.5 Å². The third kappa shape index (κ3) is 5.83. The molecule has 0 saturated carbocycles. The van der Waals surface area contributed by atoms with Crippen LogP contribution in [0.3, 0.4) is 0 Å². The van der Waals surface area contributed by atoms with Crippen molar-refractivity contribution in [2.24, 2.45) is 5.73 Å². The quantitative estimate of drug-likeness (QED) is 0.496. The van der Waals surface area contributed by atoms with E-state index in [1.807, 2.05) is 56.6 Å². The molecule has 0 bridgehead atoms. The number of carbonyl (C=O) groups is 1. The zero-order valence-corrected chi connectivity index (χ0v) is 18.5. The first-order chi connectivity index (χ1) is 15.0. The van der Waals surface area contributed by atoms with Gasteiger partial charge in [-0.25, -0.2) is 0 Å². The van der Waals surface area contributed by atoms with E-state index in [9.17, 15) is 4.79 Å². The van der Waals surface area contributed by atoms with Crippen molar-refractivity contribution in [1.82, 2.24) is 4.90 Å². The molecule has 0 heterocycles. The highest BCUT2D eigenvalue weighted by atomic mass is 16.5. The number of ether oxygens (including phenoxy) is 1. The number of amides is 1. The minimum atomic E-state index is -0.419. The second kappa shape index (κ2) is 10.6. The Bertz CT molecular complexity index is 1020. The van der Waals surface area contributed by atoms with E-state index in [4.69, 9.17) is 10.5 Å². The maximum Gasteiger partial charge on any atom is 0.248 e. The van der Waals surface area contributed by atoms with Gasteiger partial charge in [0.25, 0.3) is 0 Å². The fourth-order valence-electron chi connectivity index (χ4n) is 3.54. The molecule has 1 amide bonds. The monoisotopic (exact) mass is 414 g/mol. The Morgan fingerprint density at radius 1 is 0.806 bits per heavy atom. The smallest absolute Gasteiger partial charge is 0.248 e. The van der Waals surface area contributed by atoms with Gasteiger partial charge in [-0.15, -0.1) is 0 Å². The molecular formula is C27H30N2O2. The number of nitrogens with two attached hydrogens (primary N) is 1. The second-order valence-electron chi connectivity index (χ2n) is 7.69. The van der Waals surface area contributed by atoms with Crippen molar-refractivity contribution in [1.29, 1.82) is 0 Å². The lowest BCUT2D eigenvalue weighted by Crippen LogP contribution is -2.19. The molecule has 0 radical (unpaired) electrons. The third-order valence-electron chi connectivity index (χ3n) is 5.19. The Hall–Kier alpha value is -3.37. The molecule has 3 aromatic rings. The highest BCUT2D eigenvalue weighted by Crippen LogP contribution is 2.35. The first-order valence-corrected chi connectivity index (χ1v) is 10.6. The molecule has 4 heteroatoms. The van der Waals surface area contributed by atoms with Crippen LogP contribution in [0.5, 0.6) is 5.75 Å². The van der Waals surface area contributed by atoms with Gasteiger partial charge < -0.3 is 15.4 Å². The Labute approximate surface area is 185 Å². The topological polar surface area (TPSA) is 55.6 Å². The number of allylic oxidation sites excluding steroid dienone is 1. The summed E-state index contributed by atoms with van der Waals surface area (Å²) in [7, 11) is 4.07. The lowest BCUT2D eigenvalue weighted by Gasteiger charge is -2.17. The molecule has 0 spiro atoms. The van der Waals surface area contributed by atoms with E-state index in [-0.39, 0.29) is 0 Å². The van der Waals surface area contributed by atoms with Crippen LogP contribution in [0.2, 0.25) is 0 Å². The van der Waals surface area contributed by atoms with Gasteiger partial charge in [-0.05, 0) is 72.6 Å². The summed E-state index contributed by atoms with van der Waals surface area (Å²) in [6.45, 7) is 3.70. The first-order valence-electron chi connectivity index (χ1n) is 10.6. The van der Waals surface area contributed by atoms with Crippen LogP contribution in [0.15, 0.2) is 78.9 Å². The van der Waals surface area contributed by atoms with Crippen molar-refractivity contribution in [3.05, 3.63) is 101 Å². The number of hydrogen-bond donors (Lipinski definition) is 1. The zero-order chi connectivity index (χ0) is 22.2. The summed E-state index contributed by atoms with van der Waals surface area (Å²) in [6.07, 6.45) is 0.864. The average Bonchev–Trinajstić information content (AvgIpc) is 2.78. The van der Waals surface area contributed by atoms with E-state index in [0.717, 1.165) is 41.0 Å². The lowest BCUT2D eigenvalue weighted by atomic mass is 9.88. The Morgan fingerprint density at radius 3 is 1.90 bits per heavy atom. The molecule has 0 atom stereocenters. The Morgan fingerprint density at radius 2 is 1.35 bits per heavy atom. The highest BCUT2D eigenvalue weighted by molar-refractivity contribution is 5.99. The van der Waals surface area contributed by atoms with E-state index >= 15 is 0 Å². The Kier molecular flexibility index (Phi) is 7.63. The van der Waals surface area contributed by atoms with Crippen LogP contribution >= 0.6 is 0 Å². The summed E-state index contributed by atoms with van der Waals surface area (Å²) in [5, 5.41) is 0. The zero-order valence-electron chi connectivity index (χ0n) is 18.5. The van der Waals surface area contributed by atoms with Crippen molar-refractivity contribution in [3.63, 3.8) is 0 Å². The number of carbonyl (C=O) groups excluding carboxylic acids is 1. The largest absolute Gasteiger partial charge is 0.492 e. The molecule has 0 aliphatic heterocycles. The van der Waals surface area contributed by atoms with Crippen LogP contribution < -0.4 is 10.5 Å². The Balaban J connectivity index is 2.02. The fraction of sp³-hybridized carbons (Fsp3) is 0.222. The van der Waals surface area contributed by atoms with Crippen LogP contribution in [0.4, 0.5) is 0 Å². The van der Waals surface area contributed by atoms with Crippen molar-refractivity contribution < 1.29 is 9.53 Å². The number of primary amides is 1. The summed E-state index contributed by atoms with van der Waals surface area (Å²) < 4.78 is 5.85. The first kappa shape index (κ1) is 22.3. The molecule has 3 rings (SSSR count). The van der Waals surface area contributed by atoms with Gasteiger partial charge in [0.2, 0.25) is 5.91 Å². The van der Waals surface area contributed by atoms with E-state index < -0.39 is 5.91 Å². The van der Waals surface area contributed by atoms with Crippen molar-refractivity contribution in [2.45, 2.75) is 13.3 Å². The second-order valence-corrected chi connectivity index (χ2v) is 7.69. The molecule has 31 heavy (non-hydrogen) atoms. The third-order valence-corrected chi connectivity index (χ3v) is 5.19. The predicted octanol–water partition coefficient (Wildman–Crippen LogP) is 5.10. The van der Waals surface area contributed by atoms with Gasteiger partial charge in [-0.3, -0.25) is 4.79 Å². The maximum absolute atomic E-state index is 11.5. The van der Waals surface area contributed by atoms with Crippen LogP contribution in [0.25, 0.3) is 11.1 Å². The molecule has 160 valence electrons. The highest BCUT2D eigenvalue weighted by Gasteiger charge is 2.14. The minimum Gasteiger partial charge on any atom is -0.492 e. The van der Waals surface area contributed by atoms with Crippen molar-refractivity contribution in [3.8, 4) is 5.75 Å². The van der Waals surface area contributed by atoms with Crippen LogP contribution in [-0.2, 0) is 0 Å². The van der Waals surface area contributed by atoms with Crippen LogP contribution in [0.1, 0.15) is 40.4 Å². The molecule has 0 fully saturated rings. The number of nitrogens with zero attached hydrogens (tertiary/aromatic N) is 1. The number of likely N-dealkylation sites (N-methyl/N-ethyl adjacent to an activating group) is 1. The van der Waals surface area contributed by atoms with E-state index in [0.29, 0.717) is 12.2 Å². The van der Waals surface area contributed by atoms with Crippen LogP contribution in [0, 0.1) is 0 Å². The van der Waals surface area contributed by atoms with E-state index in [1.165, 1.54) is 5.57 Å². The maximum atomic E-state index is 11.5. The summed E-state index contributed by atoms with van der Waals surface area (Å²) in [4.78, 5) is 13.6. The molecule has 3 aromatic carbocycles. The van der Waals surface area contributed by atoms with Gasteiger partial charge in [0, 0.05) is 12.1 Å². The molecule has 0 unspecified atom stereocenters. The summed E-state index contributed by atoms with van der Waals surface area (Å²) in [5.74, 6) is 0.450. The molecule has 0 aliphatic rings. The molecule has 0 aromatic heterocycles. The van der Waals surface area contributed by atoms with Crippen molar-refractivity contribution in [2.75, 3.05) is 27.2 Å².